The van der Waals surface area contributed by atoms with Gasteiger partial charge in [0.05, 0.1) is 4.90 Å². The second-order valence-electron chi connectivity index (χ2n) is 5.35. The Labute approximate surface area is 119 Å². The summed E-state index contributed by atoms with van der Waals surface area (Å²) in [6.07, 6.45) is 3.94. The number of carbonyl (C=O) groups excluding carboxylic acids is 1. The van der Waals surface area contributed by atoms with Crippen LogP contribution in [0.1, 0.15) is 32.6 Å². The smallest absolute Gasteiger partial charge is 0.328 e. The third-order valence-corrected chi connectivity index (χ3v) is 4.98. The number of benzene rings is 1. The third kappa shape index (κ3) is 3.96. The lowest BCUT2D eigenvalue weighted by Crippen LogP contribution is -2.45. The molecule has 0 saturated heterocycles. The first-order valence-electron chi connectivity index (χ1n) is 6.86. The monoisotopic (exact) mass is 296 g/mol. The van der Waals surface area contributed by atoms with E-state index in [0.717, 1.165) is 25.7 Å². The van der Waals surface area contributed by atoms with Gasteiger partial charge in [0.2, 0.25) is 0 Å². The van der Waals surface area contributed by atoms with Gasteiger partial charge in [0.15, 0.2) is 0 Å². The summed E-state index contributed by atoms with van der Waals surface area (Å²) in [6.45, 7) is 2.19. The molecule has 6 heteroatoms. The van der Waals surface area contributed by atoms with Crippen LogP contribution in [0, 0.1) is 5.92 Å². The van der Waals surface area contributed by atoms with E-state index < -0.39 is 16.1 Å². The Balaban J connectivity index is 1.91. The summed E-state index contributed by atoms with van der Waals surface area (Å²) in [5, 5.41) is 2.74. The van der Waals surface area contributed by atoms with Gasteiger partial charge in [0.25, 0.3) is 10.0 Å². The lowest BCUT2D eigenvalue weighted by molar-refractivity contribution is 0.233. The van der Waals surface area contributed by atoms with E-state index in [4.69, 9.17) is 0 Å². The maximum Gasteiger partial charge on any atom is 0.328 e. The molecule has 1 aromatic rings. The lowest BCUT2D eigenvalue weighted by atomic mass is 9.87. The number of nitrogens with one attached hydrogen (secondary N) is 2. The van der Waals surface area contributed by atoms with Crippen molar-refractivity contribution in [2.45, 2.75) is 43.5 Å². The Kier molecular flexibility index (Phi) is 4.65. The largest absolute Gasteiger partial charge is 0.335 e. The molecule has 0 spiro atoms. The summed E-state index contributed by atoms with van der Waals surface area (Å²) in [5.74, 6) is 0.684. The molecule has 2 amide bonds. The Morgan fingerprint density at radius 2 is 1.70 bits per heavy atom. The van der Waals surface area contributed by atoms with Gasteiger partial charge >= 0.3 is 6.03 Å². The first-order valence-corrected chi connectivity index (χ1v) is 8.34. The van der Waals surface area contributed by atoms with Gasteiger partial charge in [-0.3, -0.25) is 0 Å². The van der Waals surface area contributed by atoms with Crippen molar-refractivity contribution in [1.29, 1.82) is 0 Å². The van der Waals surface area contributed by atoms with Crippen molar-refractivity contribution >= 4 is 16.1 Å². The van der Waals surface area contributed by atoms with Crippen LogP contribution in [0.5, 0.6) is 0 Å². The molecule has 1 saturated carbocycles. The molecule has 5 nitrogen and oxygen atoms in total. The zero-order chi connectivity index (χ0) is 14.6. The van der Waals surface area contributed by atoms with Crippen LogP contribution in [0.4, 0.5) is 4.79 Å². The SMILES string of the molecule is CC1CCC(NC(=O)NS(=O)(=O)c2ccccc2)CC1. The van der Waals surface area contributed by atoms with Crippen LogP contribution in [-0.4, -0.2) is 20.5 Å². The Bertz CT molecular complexity index is 549. The number of carbonyl (C=O) groups is 1. The normalized spacial score (nSPS) is 23.1. The Morgan fingerprint density at radius 1 is 1.10 bits per heavy atom. The molecule has 110 valence electrons. The van der Waals surface area contributed by atoms with Crippen molar-refractivity contribution in [2.24, 2.45) is 5.92 Å². The summed E-state index contributed by atoms with van der Waals surface area (Å²) in [4.78, 5) is 11.9. The van der Waals surface area contributed by atoms with Crippen LogP contribution < -0.4 is 10.0 Å². The van der Waals surface area contributed by atoms with E-state index in [1.54, 1.807) is 18.2 Å². The van der Waals surface area contributed by atoms with E-state index in [1.165, 1.54) is 12.1 Å². The molecule has 1 aromatic carbocycles. The third-order valence-electron chi connectivity index (χ3n) is 3.63. The molecule has 0 radical (unpaired) electrons. The van der Waals surface area contributed by atoms with E-state index in [0.29, 0.717) is 5.92 Å². The van der Waals surface area contributed by atoms with Gasteiger partial charge < -0.3 is 5.32 Å². The quantitative estimate of drug-likeness (QED) is 0.898. The molecular weight excluding hydrogens is 276 g/mol. The van der Waals surface area contributed by atoms with Gasteiger partial charge in [0, 0.05) is 6.04 Å². The molecular formula is C14H20N2O3S. The van der Waals surface area contributed by atoms with Crippen LogP contribution in [0.15, 0.2) is 35.2 Å². The molecule has 0 unspecified atom stereocenters. The average molecular weight is 296 g/mol. The van der Waals surface area contributed by atoms with Crippen molar-refractivity contribution in [1.82, 2.24) is 10.0 Å². The minimum Gasteiger partial charge on any atom is -0.335 e. The summed E-state index contributed by atoms with van der Waals surface area (Å²) < 4.78 is 26.0. The van der Waals surface area contributed by atoms with Crippen molar-refractivity contribution in [3.05, 3.63) is 30.3 Å². The average Bonchev–Trinajstić information content (AvgIpc) is 2.42. The first-order chi connectivity index (χ1) is 9.47. The van der Waals surface area contributed by atoms with Gasteiger partial charge in [-0.05, 0) is 43.7 Å². The predicted molar refractivity (Wildman–Crippen MR) is 76.7 cm³/mol. The van der Waals surface area contributed by atoms with Crippen molar-refractivity contribution in [3.63, 3.8) is 0 Å². The number of sulfonamides is 1. The zero-order valence-electron chi connectivity index (χ0n) is 11.5. The Hall–Kier alpha value is -1.56. The van der Waals surface area contributed by atoms with Crippen LogP contribution in [0.2, 0.25) is 0 Å². The zero-order valence-corrected chi connectivity index (χ0v) is 12.3. The minimum absolute atomic E-state index is 0.0668. The standard InChI is InChI=1S/C14H20N2O3S/c1-11-7-9-12(10-8-11)15-14(17)16-20(18,19)13-5-3-2-4-6-13/h2-6,11-12H,7-10H2,1H3,(H2,15,16,17). The second-order valence-corrected chi connectivity index (χ2v) is 7.03. The molecule has 1 fully saturated rings. The lowest BCUT2D eigenvalue weighted by Gasteiger charge is -2.26. The van der Waals surface area contributed by atoms with Crippen LogP contribution in [-0.2, 0) is 10.0 Å². The highest BCUT2D eigenvalue weighted by molar-refractivity contribution is 7.90. The molecule has 20 heavy (non-hydrogen) atoms. The number of urea groups is 1. The molecule has 1 aliphatic carbocycles. The van der Waals surface area contributed by atoms with E-state index in [2.05, 4.69) is 17.0 Å². The van der Waals surface area contributed by atoms with Crippen molar-refractivity contribution in [3.8, 4) is 0 Å². The second kappa shape index (κ2) is 6.26. The number of hydrogen-bond acceptors (Lipinski definition) is 3. The number of hydrogen-bond donors (Lipinski definition) is 2. The molecule has 1 aliphatic rings. The molecule has 0 atom stereocenters. The van der Waals surface area contributed by atoms with Gasteiger partial charge in [-0.2, -0.15) is 0 Å². The molecule has 2 rings (SSSR count). The molecule has 0 heterocycles. The van der Waals surface area contributed by atoms with Gasteiger partial charge in [0.1, 0.15) is 0 Å². The summed E-state index contributed by atoms with van der Waals surface area (Å²) in [6, 6.07) is 7.30. The Morgan fingerprint density at radius 3 is 2.30 bits per heavy atom. The molecule has 2 N–H and O–H groups in total. The minimum atomic E-state index is -3.78. The maximum absolute atomic E-state index is 12.0. The molecule has 0 bridgehead atoms. The summed E-state index contributed by atoms with van der Waals surface area (Å²) in [5.41, 5.74) is 0. The molecule has 0 aromatic heterocycles. The fourth-order valence-corrected chi connectivity index (χ4v) is 3.34. The van der Waals surface area contributed by atoms with E-state index in [-0.39, 0.29) is 10.9 Å². The fourth-order valence-electron chi connectivity index (χ4n) is 2.40. The summed E-state index contributed by atoms with van der Waals surface area (Å²) in [7, 11) is -3.78. The van der Waals surface area contributed by atoms with Gasteiger partial charge in [-0.25, -0.2) is 17.9 Å². The van der Waals surface area contributed by atoms with Crippen molar-refractivity contribution < 1.29 is 13.2 Å². The van der Waals surface area contributed by atoms with E-state index in [1.807, 2.05) is 0 Å². The van der Waals surface area contributed by atoms with Crippen LogP contribution in [0.3, 0.4) is 0 Å². The molecule has 0 aliphatic heterocycles. The maximum atomic E-state index is 12.0. The topological polar surface area (TPSA) is 75.3 Å². The van der Waals surface area contributed by atoms with Crippen LogP contribution in [0.25, 0.3) is 0 Å². The van der Waals surface area contributed by atoms with Crippen LogP contribution >= 0.6 is 0 Å². The van der Waals surface area contributed by atoms with E-state index in [9.17, 15) is 13.2 Å². The van der Waals surface area contributed by atoms with Crippen molar-refractivity contribution in [2.75, 3.05) is 0 Å². The van der Waals surface area contributed by atoms with E-state index >= 15 is 0 Å². The summed E-state index contributed by atoms with van der Waals surface area (Å²) >= 11 is 0. The fraction of sp³-hybridized carbons (Fsp3) is 0.500. The highest BCUT2D eigenvalue weighted by atomic mass is 32.2. The first kappa shape index (κ1) is 14.8. The van der Waals surface area contributed by atoms with Gasteiger partial charge in [-0.1, -0.05) is 25.1 Å². The highest BCUT2D eigenvalue weighted by Crippen LogP contribution is 2.23. The number of rotatable bonds is 3. The predicted octanol–water partition coefficient (Wildman–Crippen LogP) is 2.25. The van der Waals surface area contributed by atoms with Gasteiger partial charge in [-0.15, -0.1) is 0 Å². The highest BCUT2D eigenvalue weighted by Gasteiger charge is 2.22. The number of amides is 2.